The molecule has 12 aromatic rings. The third-order valence-corrected chi connectivity index (χ3v) is 13.9. The maximum atomic E-state index is 5.60. The first-order chi connectivity index (χ1) is 34.7. The number of allylic oxidation sites excluding steroid dienone is 5. The molecule has 0 radical (unpaired) electrons. The van der Waals surface area contributed by atoms with Crippen LogP contribution in [-0.2, 0) is 0 Å². The van der Waals surface area contributed by atoms with Gasteiger partial charge in [0.1, 0.15) is 0 Å². The first-order valence-corrected chi connectivity index (χ1v) is 24.0. The summed E-state index contributed by atoms with van der Waals surface area (Å²) in [5.41, 5.74) is 13.9. The summed E-state index contributed by atoms with van der Waals surface area (Å²) >= 11 is 0. The van der Waals surface area contributed by atoms with Crippen LogP contribution in [0.2, 0.25) is 0 Å². The lowest BCUT2D eigenvalue weighted by atomic mass is 9.98. The minimum atomic E-state index is 0.521. The van der Waals surface area contributed by atoms with E-state index < -0.39 is 0 Å². The van der Waals surface area contributed by atoms with E-state index in [1.807, 2.05) is 24.3 Å². The van der Waals surface area contributed by atoms with E-state index in [1.54, 1.807) is 0 Å². The van der Waals surface area contributed by atoms with Gasteiger partial charge in [-0.2, -0.15) is 9.97 Å². The van der Waals surface area contributed by atoms with Crippen LogP contribution in [0.15, 0.2) is 225 Å². The molecule has 0 fully saturated rings. The van der Waals surface area contributed by atoms with Crippen LogP contribution >= 0.6 is 0 Å². The number of benzene rings is 8. The molecule has 0 aliphatic heterocycles. The van der Waals surface area contributed by atoms with Gasteiger partial charge in [-0.05, 0) is 84.5 Å². The number of aromatic nitrogens is 6. The Morgan fingerprint density at radius 1 is 0.500 bits per heavy atom. The van der Waals surface area contributed by atoms with E-state index in [0.717, 1.165) is 117 Å². The zero-order valence-electron chi connectivity index (χ0n) is 38.7. The summed E-state index contributed by atoms with van der Waals surface area (Å²) in [6.45, 7) is 6.60. The van der Waals surface area contributed by atoms with Crippen molar-refractivity contribution in [1.29, 1.82) is 0 Å². The largest absolute Gasteiger partial charge is 0.313 e. The molecule has 4 aromatic heterocycles. The monoisotopic (exact) mass is 898 g/mol. The van der Waals surface area contributed by atoms with Gasteiger partial charge < -0.3 is 9.13 Å². The summed E-state index contributed by atoms with van der Waals surface area (Å²) in [5, 5.41) is 7.74. The van der Waals surface area contributed by atoms with Gasteiger partial charge >= 0.3 is 0 Å². The van der Waals surface area contributed by atoms with E-state index in [9.17, 15) is 0 Å². The van der Waals surface area contributed by atoms with Crippen molar-refractivity contribution in [3.05, 3.63) is 241 Å². The molecule has 1 aliphatic carbocycles. The highest BCUT2D eigenvalue weighted by Crippen LogP contribution is 2.43. The predicted octanol–water partition coefficient (Wildman–Crippen LogP) is 14.4. The van der Waals surface area contributed by atoms with Gasteiger partial charge in [0.25, 0.3) is 0 Å². The summed E-state index contributed by atoms with van der Waals surface area (Å²) in [6, 6.07) is 69.2. The van der Waals surface area contributed by atoms with E-state index in [2.05, 4.69) is 227 Å². The van der Waals surface area contributed by atoms with Crippen molar-refractivity contribution in [2.24, 2.45) is 0 Å². The molecule has 70 heavy (non-hydrogen) atoms. The van der Waals surface area contributed by atoms with Gasteiger partial charge in [-0.15, -0.1) is 0 Å². The molecule has 0 amide bonds. The van der Waals surface area contributed by atoms with Gasteiger partial charge in [-0.3, -0.25) is 4.57 Å². The molecular weight excluding hydrogens is 853 g/mol. The van der Waals surface area contributed by atoms with Crippen LogP contribution in [0.3, 0.4) is 0 Å². The number of rotatable bonds is 8. The van der Waals surface area contributed by atoms with Gasteiger partial charge in [0.05, 0.1) is 32.9 Å². The molecule has 4 heterocycles. The first kappa shape index (κ1) is 41.1. The van der Waals surface area contributed by atoms with E-state index in [-0.39, 0.29) is 0 Å². The first-order valence-electron chi connectivity index (χ1n) is 24.0. The van der Waals surface area contributed by atoms with Crippen molar-refractivity contribution in [3.8, 4) is 45.3 Å². The molecule has 0 spiro atoms. The third kappa shape index (κ3) is 6.60. The SMILES string of the molecule is C=C/C(c1nc(-c2ccccc2)nc(-n2c3ccccc3c3ccc4c5ccccc5n(-c5cc(-c6ccccc6)cc(-c6ccccc6)c5)c4c32)n1)=c1\c(=C/C)n(C2=CC=CCC2)c2ccccc12. The Morgan fingerprint density at radius 3 is 1.60 bits per heavy atom. The summed E-state index contributed by atoms with van der Waals surface area (Å²) < 4.78 is 7.13. The number of fused-ring (bicyclic) bond motifs is 8. The van der Waals surface area contributed by atoms with Crippen molar-refractivity contribution in [3.63, 3.8) is 0 Å². The molecule has 0 bridgehead atoms. The number of nitrogens with zero attached hydrogens (tertiary/aromatic N) is 6. The molecule has 0 atom stereocenters. The van der Waals surface area contributed by atoms with Crippen molar-refractivity contribution in [2.75, 3.05) is 0 Å². The minimum absolute atomic E-state index is 0.521. The summed E-state index contributed by atoms with van der Waals surface area (Å²) in [4.78, 5) is 16.4. The standard InChI is InChI=1S/C64H46N6/c1-3-49(59-54-33-19-22-36-58(54)68(55(59)4-2)47-29-15-8-16-30-47)63-65-62(44-27-13-7-14-28-44)66-64(67-63)70-57-35-21-18-32-51(57)53-38-37-52-50-31-17-20-34-56(50)69(60(52)61(53)70)48-40-45(42-23-9-5-10-24-42)39-46(41-48)43-25-11-6-12-26-43/h3-15,17-29,31-41H,1,16,30H2,2H3/b55-4+,59-49+. The van der Waals surface area contributed by atoms with E-state index in [1.165, 1.54) is 5.70 Å². The Labute approximate surface area is 405 Å². The normalized spacial score (nSPS) is 13.5. The van der Waals surface area contributed by atoms with Crippen LogP contribution in [0.1, 0.15) is 25.6 Å². The molecule has 0 unspecified atom stereocenters. The molecule has 332 valence electrons. The Balaban J connectivity index is 1.17. The fourth-order valence-corrected chi connectivity index (χ4v) is 10.8. The smallest absolute Gasteiger partial charge is 0.238 e. The van der Waals surface area contributed by atoms with Gasteiger partial charge in [-0.25, -0.2) is 4.98 Å². The molecular formula is C64H46N6. The number of para-hydroxylation sites is 3. The molecule has 13 rings (SSSR count). The second-order valence-corrected chi connectivity index (χ2v) is 17.9. The zero-order chi connectivity index (χ0) is 46.7. The zero-order valence-corrected chi connectivity index (χ0v) is 38.7. The summed E-state index contributed by atoms with van der Waals surface area (Å²) in [7, 11) is 0. The fourth-order valence-electron chi connectivity index (χ4n) is 10.8. The van der Waals surface area contributed by atoms with Crippen molar-refractivity contribution in [2.45, 2.75) is 19.8 Å². The highest BCUT2D eigenvalue weighted by atomic mass is 15.2. The van der Waals surface area contributed by atoms with Gasteiger partial charge in [0, 0.05) is 54.7 Å². The minimum Gasteiger partial charge on any atom is -0.313 e. The summed E-state index contributed by atoms with van der Waals surface area (Å²) in [6.07, 6.45) is 12.7. The van der Waals surface area contributed by atoms with Crippen LogP contribution in [-0.4, -0.2) is 28.7 Å². The molecule has 6 heteroatoms. The number of hydrogen-bond donors (Lipinski definition) is 0. The maximum Gasteiger partial charge on any atom is 0.238 e. The lowest BCUT2D eigenvalue weighted by molar-refractivity contribution is 0.929. The van der Waals surface area contributed by atoms with Crippen LogP contribution in [0.4, 0.5) is 0 Å². The summed E-state index contributed by atoms with van der Waals surface area (Å²) in [5.74, 6) is 1.64. The second-order valence-electron chi connectivity index (χ2n) is 17.9. The van der Waals surface area contributed by atoms with Gasteiger partial charge in [0.2, 0.25) is 5.95 Å². The van der Waals surface area contributed by atoms with Gasteiger partial charge in [-0.1, -0.05) is 189 Å². The Bertz CT molecular complexity index is 4190. The Kier molecular flexibility index (Phi) is 9.91. The van der Waals surface area contributed by atoms with Crippen molar-refractivity contribution < 1.29 is 0 Å². The Morgan fingerprint density at radius 2 is 1.03 bits per heavy atom. The molecule has 0 saturated carbocycles. The highest BCUT2D eigenvalue weighted by Gasteiger charge is 2.25. The molecule has 0 N–H and O–H groups in total. The van der Waals surface area contributed by atoms with Crippen LogP contribution in [0.25, 0.3) is 117 Å². The topological polar surface area (TPSA) is 53.5 Å². The molecule has 0 saturated heterocycles. The maximum absolute atomic E-state index is 5.60. The quantitative estimate of drug-likeness (QED) is 0.153. The predicted molar refractivity (Wildman–Crippen MR) is 291 cm³/mol. The lowest BCUT2D eigenvalue weighted by Gasteiger charge is -2.16. The van der Waals surface area contributed by atoms with E-state index >= 15 is 0 Å². The lowest BCUT2D eigenvalue weighted by Crippen LogP contribution is -2.31. The molecule has 6 nitrogen and oxygen atoms in total. The average molecular weight is 899 g/mol. The van der Waals surface area contributed by atoms with Crippen LogP contribution in [0.5, 0.6) is 0 Å². The van der Waals surface area contributed by atoms with Gasteiger partial charge in [0.15, 0.2) is 11.6 Å². The second kappa shape index (κ2) is 16.9. The van der Waals surface area contributed by atoms with E-state index in [4.69, 9.17) is 15.0 Å². The van der Waals surface area contributed by atoms with Crippen molar-refractivity contribution in [1.82, 2.24) is 28.7 Å². The number of hydrogen-bond acceptors (Lipinski definition) is 3. The van der Waals surface area contributed by atoms with Crippen LogP contribution < -0.4 is 10.6 Å². The van der Waals surface area contributed by atoms with E-state index in [0.29, 0.717) is 17.6 Å². The average Bonchev–Trinajstić information content (AvgIpc) is 4.08. The molecule has 1 aliphatic rings. The Hall–Kier alpha value is -9.13. The van der Waals surface area contributed by atoms with Crippen molar-refractivity contribution >= 4 is 71.9 Å². The highest BCUT2D eigenvalue weighted by molar-refractivity contribution is 6.23. The van der Waals surface area contributed by atoms with Crippen LogP contribution in [0, 0.1) is 0 Å². The fraction of sp³-hybridized carbons (Fsp3) is 0.0469. The third-order valence-electron chi connectivity index (χ3n) is 13.9. The molecule has 8 aromatic carbocycles.